The standard InChI is InChI=1S/C19H22Cl2N2O4S/c1-13-6-9-18(27-2)16(11-13)22-19(24)5-4-10-23(28(3,25)26)17-12-14(20)7-8-15(17)21/h6-9,11-12H,4-5,10H2,1-3H3,(H,22,24). The maximum absolute atomic E-state index is 12.3. The first-order valence-corrected chi connectivity index (χ1v) is 11.1. The molecule has 152 valence electrons. The molecule has 0 saturated carbocycles. The van der Waals surface area contributed by atoms with Crippen LogP contribution in [0.25, 0.3) is 0 Å². The van der Waals surface area contributed by atoms with Crippen molar-refractivity contribution in [2.24, 2.45) is 0 Å². The average Bonchev–Trinajstić information content (AvgIpc) is 2.60. The Hall–Kier alpha value is -1.96. The van der Waals surface area contributed by atoms with Gasteiger partial charge in [0.1, 0.15) is 5.75 Å². The van der Waals surface area contributed by atoms with Gasteiger partial charge in [0.2, 0.25) is 15.9 Å². The molecule has 0 radical (unpaired) electrons. The zero-order chi connectivity index (χ0) is 20.9. The molecular formula is C19H22Cl2N2O4S. The Balaban J connectivity index is 2.06. The highest BCUT2D eigenvalue weighted by Crippen LogP contribution is 2.31. The molecule has 6 nitrogen and oxygen atoms in total. The highest BCUT2D eigenvalue weighted by Gasteiger charge is 2.20. The van der Waals surface area contributed by atoms with Gasteiger partial charge in [-0.15, -0.1) is 0 Å². The number of nitrogens with zero attached hydrogens (tertiary/aromatic N) is 1. The molecule has 0 aliphatic rings. The van der Waals surface area contributed by atoms with Crippen LogP contribution in [0, 0.1) is 6.92 Å². The molecule has 2 rings (SSSR count). The van der Waals surface area contributed by atoms with Crippen molar-refractivity contribution in [1.82, 2.24) is 0 Å². The predicted octanol–water partition coefficient (Wildman–Crippen LogP) is 4.50. The molecule has 0 aliphatic heterocycles. The van der Waals surface area contributed by atoms with Crippen LogP contribution in [-0.4, -0.2) is 34.2 Å². The third-order valence-electron chi connectivity index (χ3n) is 3.97. The van der Waals surface area contributed by atoms with Crippen LogP contribution in [0.4, 0.5) is 11.4 Å². The van der Waals surface area contributed by atoms with Crippen molar-refractivity contribution in [3.05, 3.63) is 52.0 Å². The second kappa shape index (κ2) is 9.49. The van der Waals surface area contributed by atoms with E-state index < -0.39 is 10.0 Å². The van der Waals surface area contributed by atoms with E-state index in [-0.39, 0.29) is 29.6 Å². The summed E-state index contributed by atoms with van der Waals surface area (Å²) in [6, 6.07) is 10.1. The van der Waals surface area contributed by atoms with Gasteiger partial charge in [-0.2, -0.15) is 0 Å². The van der Waals surface area contributed by atoms with Crippen LogP contribution in [0.1, 0.15) is 18.4 Å². The Morgan fingerprint density at radius 1 is 1.18 bits per heavy atom. The zero-order valence-electron chi connectivity index (χ0n) is 15.8. The fraction of sp³-hybridized carbons (Fsp3) is 0.316. The van der Waals surface area contributed by atoms with E-state index in [1.54, 1.807) is 12.1 Å². The van der Waals surface area contributed by atoms with Gasteiger partial charge in [0, 0.05) is 18.0 Å². The molecule has 0 saturated heterocycles. The number of amides is 1. The Kier molecular flexibility index (Phi) is 7.57. The van der Waals surface area contributed by atoms with Gasteiger partial charge >= 0.3 is 0 Å². The van der Waals surface area contributed by atoms with Crippen molar-refractivity contribution in [3.8, 4) is 5.75 Å². The number of carbonyl (C=O) groups is 1. The van der Waals surface area contributed by atoms with E-state index >= 15 is 0 Å². The van der Waals surface area contributed by atoms with Crippen molar-refractivity contribution in [3.63, 3.8) is 0 Å². The molecule has 0 fully saturated rings. The first kappa shape index (κ1) is 22.3. The summed E-state index contributed by atoms with van der Waals surface area (Å²) in [5.74, 6) is 0.317. The van der Waals surface area contributed by atoms with Crippen molar-refractivity contribution in [2.45, 2.75) is 19.8 Å². The lowest BCUT2D eigenvalue weighted by Gasteiger charge is -2.23. The van der Waals surface area contributed by atoms with E-state index in [0.717, 1.165) is 16.1 Å². The van der Waals surface area contributed by atoms with Gasteiger partial charge in [0.15, 0.2) is 0 Å². The molecule has 0 heterocycles. The summed E-state index contributed by atoms with van der Waals surface area (Å²) in [4.78, 5) is 12.3. The van der Waals surface area contributed by atoms with Crippen molar-refractivity contribution in [1.29, 1.82) is 0 Å². The van der Waals surface area contributed by atoms with Gasteiger partial charge < -0.3 is 10.1 Å². The number of aryl methyl sites for hydroxylation is 1. The lowest BCUT2D eigenvalue weighted by molar-refractivity contribution is -0.116. The average molecular weight is 445 g/mol. The number of ether oxygens (including phenoxy) is 1. The Morgan fingerprint density at radius 3 is 2.54 bits per heavy atom. The number of nitrogens with one attached hydrogen (secondary N) is 1. The van der Waals surface area contributed by atoms with Crippen LogP contribution in [0.15, 0.2) is 36.4 Å². The second-order valence-corrected chi connectivity index (χ2v) is 9.04. The van der Waals surface area contributed by atoms with Gasteiger partial charge in [-0.25, -0.2) is 8.42 Å². The van der Waals surface area contributed by atoms with E-state index in [1.165, 1.54) is 19.2 Å². The number of hydrogen-bond acceptors (Lipinski definition) is 4. The molecule has 9 heteroatoms. The summed E-state index contributed by atoms with van der Waals surface area (Å²) in [5, 5.41) is 3.44. The highest BCUT2D eigenvalue weighted by atomic mass is 35.5. The minimum atomic E-state index is -3.59. The second-order valence-electron chi connectivity index (χ2n) is 6.29. The number of anilines is 2. The molecule has 0 atom stereocenters. The number of benzene rings is 2. The van der Waals surface area contributed by atoms with Crippen LogP contribution in [0.5, 0.6) is 5.75 Å². The fourth-order valence-electron chi connectivity index (χ4n) is 2.66. The van der Waals surface area contributed by atoms with Crippen LogP contribution in [-0.2, 0) is 14.8 Å². The van der Waals surface area contributed by atoms with Crippen LogP contribution >= 0.6 is 23.2 Å². The molecule has 28 heavy (non-hydrogen) atoms. The van der Waals surface area contributed by atoms with Crippen LogP contribution < -0.4 is 14.4 Å². The number of rotatable bonds is 8. The minimum absolute atomic E-state index is 0.0945. The summed E-state index contributed by atoms with van der Waals surface area (Å²) in [6.07, 6.45) is 1.51. The topological polar surface area (TPSA) is 75.7 Å². The summed E-state index contributed by atoms with van der Waals surface area (Å²) >= 11 is 12.1. The lowest BCUT2D eigenvalue weighted by atomic mass is 10.2. The summed E-state index contributed by atoms with van der Waals surface area (Å²) in [7, 11) is -2.06. The van der Waals surface area contributed by atoms with E-state index in [1.807, 2.05) is 19.1 Å². The molecule has 0 aromatic heterocycles. The zero-order valence-corrected chi connectivity index (χ0v) is 18.2. The molecular weight excluding hydrogens is 423 g/mol. The van der Waals surface area contributed by atoms with Crippen molar-refractivity contribution >= 4 is 50.5 Å². The molecule has 0 bridgehead atoms. The van der Waals surface area contributed by atoms with E-state index in [2.05, 4.69) is 5.32 Å². The first-order chi connectivity index (χ1) is 13.1. The Labute approximate surface area is 175 Å². The van der Waals surface area contributed by atoms with Crippen molar-refractivity contribution in [2.75, 3.05) is 29.5 Å². The number of methoxy groups -OCH3 is 1. The summed E-state index contributed by atoms with van der Waals surface area (Å²) < 4.78 is 30.8. The Morgan fingerprint density at radius 2 is 1.89 bits per heavy atom. The minimum Gasteiger partial charge on any atom is -0.495 e. The maximum atomic E-state index is 12.3. The number of halogens is 2. The van der Waals surface area contributed by atoms with Crippen LogP contribution in [0.2, 0.25) is 10.0 Å². The smallest absolute Gasteiger partial charge is 0.232 e. The van der Waals surface area contributed by atoms with Gasteiger partial charge in [-0.1, -0.05) is 29.3 Å². The Bertz CT molecular complexity index is 964. The molecule has 1 N–H and O–H groups in total. The lowest BCUT2D eigenvalue weighted by Crippen LogP contribution is -2.31. The summed E-state index contributed by atoms with van der Waals surface area (Å²) in [6.45, 7) is 2.01. The van der Waals surface area contributed by atoms with E-state index in [0.29, 0.717) is 22.9 Å². The maximum Gasteiger partial charge on any atom is 0.232 e. The number of sulfonamides is 1. The van der Waals surface area contributed by atoms with Gasteiger partial charge in [0.05, 0.1) is 29.8 Å². The van der Waals surface area contributed by atoms with Gasteiger partial charge in [-0.05, 0) is 49.2 Å². The normalized spacial score (nSPS) is 11.2. The number of hydrogen-bond donors (Lipinski definition) is 1. The third-order valence-corrected chi connectivity index (χ3v) is 5.71. The number of carbonyl (C=O) groups excluding carboxylic acids is 1. The first-order valence-electron chi connectivity index (χ1n) is 8.49. The van der Waals surface area contributed by atoms with E-state index in [9.17, 15) is 13.2 Å². The van der Waals surface area contributed by atoms with Crippen molar-refractivity contribution < 1.29 is 17.9 Å². The molecule has 0 unspecified atom stereocenters. The molecule has 0 spiro atoms. The molecule has 1 amide bonds. The molecule has 2 aromatic carbocycles. The van der Waals surface area contributed by atoms with Crippen LogP contribution in [0.3, 0.4) is 0 Å². The monoisotopic (exact) mass is 444 g/mol. The highest BCUT2D eigenvalue weighted by molar-refractivity contribution is 7.92. The molecule has 2 aromatic rings. The fourth-order valence-corrected chi connectivity index (χ4v) is 4.06. The summed E-state index contributed by atoms with van der Waals surface area (Å²) in [5.41, 5.74) is 1.85. The van der Waals surface area contributed by atoms with E-state index in [4.69, 9.17) is 27.9 Å². The molecule has 0 aliphatic carbocycles. The predicted molar refractivity (Wildman–Crippen MR) is 114 cm³/mol. The third kappa shape index (κ3) is 6.02. The quantitative estimate of drug-likeness (QED) is 0.650. The van der Waals surface area contributed by atoms with Gasteiger partial charge in [-0.3, -0.25) is 9.10 Å². The largest absolute Gasteiger partial charge is 0.495 e. The van der Waals surface area contributed by atoms with Gasteiger partial charge in [0.25, 0.3) is 0 Å². The SMILES string of the molecule is COc1ccc(C)cc1NC(=O)CCCN(c1cc(Cl)ccc1Cl)S(C)(=O)=O.